The molecule has 0 unspecified atom stereocenters. The van der Waals surface area contributed by atoms with Crippen LogP contribution in [0.2, 0.25) is 0 Å². The Bertz CT molecular complexity index is 1230. The standard InChI is InChI=1S/C22H19NO2S/c1-15-7-10-17(11-8-15)26(24,25)14-22-19-6-4-3-5-18(19)20-12-9-16(2)13-21(20)23-22/h3-13H,14H2,1-2H3. The third kappa shape index (κ3) is 2.97. The molecule has 0 bridgehead atoms. The third-order valence-corrected chi connectivity index (χ3v) is 6.29. The Kier molecular flexibility index (Phi) is 4.00. The van der Waals surface area contributed by atoms with Crippen molar-refractivity contribution in [2.75, 3.05) is 0 Å². The summed E-state index contributed by atoms with van der Waals surface area (Å²) in [5.74, 6) is -0.111. The summed E-state index contributed by atoms with van der Waals surface area (Å²) in [6.45, 7) is 3.95. The highest BCUT2D eigenvalue weighted by molar-refractivity contribution is 7.90. The molecule has 3 nitrogen and oxygen atoms in total. The van der Waals surface area contributed by atoms with Gasteiger partial charge in [0.2, 0.25) is 0 Å². The van der Waals surface area contributed by atoms with Crippen molar-refractivity contribution in [2.45, 2.75) is 24.5 Å². The van der Waals surface area contributed by atoms with Crippen LogP contribution in [0.25, 0.3) is 21.7 Å². The van der Waals surface area contributed by atoms with Crippen LogP contribution in [0.3, 0.4) is 0 Å². The van der Waals surface area contributed by atoms with Crippen LogP contribution in [0.15, 0.2) is 71.6 Å². The van der Waals surface area contributed by atoms with Crippen LogP contribution in [0.1, 0.15) is 16.8 Å². The van der Waals surface area contributed by atoms with Crippen LogP contribution in [0.5, 0.6) is 0 Å². The predicted molar refractivity (Wildman–Crippen MR) is 106 cm³/mol. The lowest BCUT2D eigenvalue weighted by molar-refractivity contribution is 0.595. The monoisotopic (exact) mass is 361 g/mol. The number of pyridine rings is 1. The largest absolute Gasteiger partial charge is 0.251 e. The van der Waals surface area contributed by atoms with Crippen molar-refractivity contribution in [3.05, 3.63) is 83.6 Å². The lowest BCUT2D eigenvalue weighted by Gasteiger charge is -2.11. The fraction of sp³-hybridized carbons (Fsp3) is 0.136. The molecule has 0 aliphatic rings. The van der Waals surface area contributed by atoms with E-state index in [-0.39, 0.29) is 5.75 Å². The van der Waals surface area contributed by atoms with Crippen LogP contribution in [0, 0.1) is 13.8 Å². The van der Waals surface area contributed by atoms with Gasteiger partial charge in [-0.1, -0.05) is 54.1 Å². The number of sulfone groups is 1. The second-order valence-electron chi connectivity index (χ2n) is 6.70. The fourth-order valence-electron chi connectivity index (χ4n) is 3.26. The van der Waals surface area contributed by atoms with Gasteiger partial charge >= 0.3 is 0 Å². The average molecular weight is 361 g/mol. The lowest BCUT2D eigenvalue weighted by Crippen LogP contribution is -2.07. The van der Waals surface area contributed by atoms with E-state index in [1.165, 1.54) is 0 Å². The van der Waals surface area contributed by atoms with Crippen molar-refractivity contribution in [1.82, 2.24) is 4.98 Å². The number of aryl methyl sites for hydroxylation is 2. The molecule has 0 N–H and O–H groups in total. The van der Waals surface area contributed by atoms with Gasteiger partial charge in [-0.25, -0.2) is 8.42 Å². The first-order valence-electron chi connectivity index (χ1n) is 8.51. The number of hydrogen-bond acceptors (Lipinski definition) is 3. The molecule has 0 aliphatic carbocycles. The quantitative estimate of drug-likeness (QED) is 0.484. The average Bonchev–Trinajstić information content (AvgIpc) is 2.61. The minimum atomic E-state index is -3.46. The molecule has 0 amide bonds. The zero-order valence-electron chi connectivity index (χ0n) is 14.7. The van der Waals surface area contributed by atoms with E-state index in [1.807, 2.05) is 56.3 Å². The molecular formula is C22H19NO2S. The smallest absolute Gasteiger partial charge is 0.184 e. The zero-order chi connectivity index (χ0) is 18.3. The number of nitrogens with zero attached hydrogens (tertiary/aromatic N) is 1. The Morgan fingerprint density at radius 2 is 1.42 bits per heavy atom. The van der Waals surface area contributed by atoms with Gasteiger partial charge in [0.25, 0.3) is 0 Å². The summed E-state index contributed by atoms with van der Waals surface area (Å²) >= 11 is 0. The molecule has 0 saturated heterocycles. The molecule has 130 valence electrons. The first kappa shape index (κ1) is 16.7. The van der Waals surface area contributed by atoms with Crippen LogP contribution in [-0.4, -0.2) is 13.4 Å². The van der Waals surface area contributed by atoms with E-state index in [1.54, 1.807) is 12.1 Å². The third-order valence-electron chi connectivity index (χ3n) is 4.64. The first-order chi connectivity index (χ1) is 12.4. The number of fused-ring (bicyclic) bond motifs is 3. The Morgan fingerprint density at radius 3 is 2.15 bits per heavy atom. The molecule has 0 aliphatic heterocycles. The van der Waals surface area contributed by atoms with Gasteiger partial charge in [-0.05, 0) is 43.0 Å². The Balaban J connectivity index is 1.91. The summed E-state index contributed by atoms with van der Waals surface area (Å²) in [6.07, 6.45) is 0. The zero-order valence-corrected chi connectivity index (χ0v) is 15.5. The molecule has 1 heterocycles. The van der Waals surface area contributed by atoms with E-state index in [2.05, 4.69) is 12.1 Å². The van der Waals surface area contributed by atoms with Gasteiger partial charge in [0.05, 0.1) is 21.9 Å². The summed E-state index contributed by atoms with van der Waals surface area (Å²) in [5.41, 5.74) is 3.57. The molecular weight excluding hydrogens is 342 g/mol. The van der Waals surface area contributed by atoms with Gasteiger partial charge in [0, 0.05) is 10.8 Å². The van der Waals surface area contributed by atoms with Crippen LogP contribution in [0.4, 0.5) is 0 Å². The van der Waals surface area contributed by atoms with Gasteiger partial charge < -0.3 is 0 Å². The summed E-state index contributed by atoms with van der Waals surface area (Å²) in [4.78, 5) is 5.05. The van der Waals surface area contributed by atoms with Crippen LogP contribution >= 0.6 is 0 Å². The van der Waals surface area contributed by atoms with Gasteiger partial charge in [-0.3, -0.25) is 4.98 Å². The number of hydrogen-bond donors (Lipinski definition) is 0. The topological polar surface area (TPSA) is 47.0 Å². The Hall–Kier alpha value is -2.72. The molecule has 4 aromatic rings. The highest BCUT2D eigenvalue weighted by Crippen LogP contribution is 2.29. The molecule has 3 aromatic carbocycles. The molecule has 4 heteroatoms. The summed E-state index contributed by atoms with van der Waals surface area (Å²) in [6, 6.07) is 21.0. The maximum atomic E-state index is 12.9. The molecule has 0 fully saturated rings. The second kappa shape index (κ2) is 6.22. The molecule has 26 heavy (non-hydrogen) atoms. The normalized spacial score (nSPS) is 11.9. The molecule has 0 saturated carbocycles. The van der Waals surface area contributed by atoms with Gasteiger partial charge in [-0.2, -0.15) is 0 Å². The summed E-state index contributed by atoms with van der Waals surface area (Å²) in [7, 11) is -3.46. The van der Waals surface area contributed by atoms with Crippen LogP contribution in [-0.2, 0) is 15.6 Å². The summed E-state index contributed by atoms with van der Waals surface area (Å²) < 4.78 is 25.8. The van der Waals surface area contributed by atoms with E-state index in [0.29, 0.717) is 10.6 Å². The van der Waals surface area contributed by atoms with Gasteiger partial charge in [0.1, 0.15) is 0 Å². The minimum Gasteiger partial charge on any atom is -0.251 e. The number of aromatic nitrogens is 1. The minimum absolute atomic E-state index is 0.111. The van der Waals surface area contributed by atoms with Gasteiger partial charge in [-0.15, -0.1) is 0 Å². The van der Waals surface area contributed by atoms with Crippen LogP contribution < -0.4 is 0 Å². The first-order valence-corrected chi connectivity index (χ1v) is 10.2. The maximum absolute atomic E-state index is 12.9. The molecule has 0 radical (unpaired) electrons. The van der Waals surface area contributed by atoms with Crippen molar-refractivity contribution >= 4 is 31.5 Å². The molecule has 0 spiro atoms. The van der Waals surface area contributed by atoms with Gasteiger partial charge in [0.15, 0.2) is 9.84 Å². The highest BCUT2D eigenvalue weighted by atomic mass is 32.2. The molecule has 4 rings (SSSR count). The number of rotatable bonds is 3. The van der Waals surface area contributed by atoms with Crippen molar-refractivity contribution < 1.29 is 8.42 Å². The fourth-order valence-corrected chi connectivity index (χ4v) is 4.55. The maximum Gasteiger partial charge on any atom is 0.184 e. The summed E-state index contributed by atoms with van der Waals surface area (Å²) in [5, 5.41) is 2.97. The highest BCUT2D eigenvalue weighted by Gasteiger charge is 2.19. The van der Waals surface area contributed by atoms with E-state index < -0.39 is 9.84 Å². The van der Waals surface area contributed by atoms with E-state index >= 15 is 0 Å². The van der Waals surface area contributed by atoms with E-state index in [4.69, 9.17) is 4.98 Å². The predicted octanol–water partition coefficient (Wildman–Crippen LogP) is 4.98. The van der Waals surface area contributed by atoms with Crippen molar-refractivity contribution in [3.8, 4) is 0 Å². The lowest BCUT2D eigenvalue weighted by atomic mass is 10.0. The number of benzene rings is 3. The molecule has 1 aromatic heterocycles. The second-order valence-corrected chi connectivity index (χ2v) is 8.69. The Morgan fingerprint density at radius 1 is 0.769 bits per heavy atom. The van der Waals surface area contributed by atoms with Crippen molar-refractivity contribution in [1.29, 1.82) is 0 Å². The Labute approximate surface area is 153 Å². The van der Waals surface area contributed by atoms with Crippen molar-refractivity contribution in [3.63, 3.8) is 0 Å². The van der Waals surface area contributed by atoms with E-state index in [9.17, 15) is 8.42 Å². The van der Waals surface area contributed by atoms with E-state index in [0.717, 1.165) is 32.8 Å². The van der Waals surface area contributed by atoms with Crippen molar-refractivity contribution in [2.24, 2.45) is 0 Å². The molecule has 0 atom stereocenters. The SMILES string of the molecule is Cc1ccc(S(=O)(=O)Cc2nc3cc(C)ccc3c3ccccc23)cc1.